The molecule has 0 saturated carbocycles. The number of ether oxygens (including phenoxy) is 2. The van der Waals surface area contributed by atoms with E-state index in [-0.39, 0.29) is 18.0 Å². The minimum Gasteiger partial charge on any atom is -0.444 e. The minimum absolute atomic E-state index is 0.00345. The number of benzene rings is 1. The highest BCUT2D eigenvalue weighted by Crippen LogP contribution is 2.17. The van der Waals surface area contributed by atoms with Crippen molar-refractivity contribution in [3.05, 3.63) is 35.6 Å². The Morgan fingerprint density at radius 1 is 1.36 bits per heavy atom. The Morgan fingerprint density at radius 3 is 2.61 bits per heavy atom. The lowest BCUT2D eigenvalue weighted by molar-refractivity contribution is 0.0507. The summed E-state index contributed by atoms with van der Waals surface area (Å²) < 4.78 is 24.0. The molecule has 2 rings (SSSR count). The van der Waals surface area contributed by atoms with Gasteiger partial charge in [-0.2, -0.15) is 0 Å². The van der Waals surface area contributed by atoms with E-state index in [1.54, 1.807) is 26.3 Å². The van der Waals surface area contributed by atoms with Gasteiger partial charge in [0.25, 0.3) is 0 Å². The molecule has 0 bridgehead atoms. The van der Waals surface area contributed by atoms with E-state index in [9.17, 15) is 9.18 Å². The first-order valence-corrected chi connectivity index (χ1v) is 9.45. The van der Waals surface area contributed by atoms with Gasteiger partial charge in [-0.3, -0.25) is 4.99 Å². The predicted octanol–water partition coefficient (Wildman–Crippen LogP) is 2.69. The maximum Gasteiger partial charge on any atom is 0.407 e. The molecular formula is C20H31FN4O3. The van der Waals surface area contributed by atoms with Gasteiger partial charge in [0.2, 0.25) is 0 Å². The predicted molar refractivity (Wildman–Crippen MR) is 107 cm³/mol. The lowest BCUT2D eigenvalue weighted by atomic mass is 10.1. The fourth-order valence-corrected chi connectivity index (χ4v) is 3.08. The Bertz CT molecular complexity index is 673. The topological polar surface area (TPSA) is 75.2 Å². The average Bonchev–Trinajstić information content (AvgIpc) is 3.06. The third-order valence-corrected chi connectivity index (χ3v) is 4.39. The lowest BCUT2D eigenvalue weighted by Gasteiger charge is -2.25. The van der Waals surface area contributed by atoms with Crippen molar-refractivity contribution in [3.8, 4) is 0 Å². The Labute approximate surface area is 166 Å². The molecule has 0 spiro atoms. The van der Waals surface area contributed by atoms with E-state index in [2.05, 4.69) is 20.5 Å². The van der Waals surface area contributed by atoms with Crippen LogP contribution in [0.15, 0.2) is 29.3 Å². The van der Waals surface area contributed by atoms with Crippen molar-refractivity contribution in [1.82, 2.24) is 15.5 Å². The van der Waals surface area contributed by atoms with E-state index in [1.807, 2.05) is 20.8 Å². The van der Waals surface area contributed by atoms with Crippen molar-refractivity contribution < 1.29 is 18.7 Å². The van der Waals surface area contributed by atoms with Crippen molar-refractivity contribution in [1.29, 1.82) is 0 Å². The molecule has 1 saturated heterocycles. The Kier molecular flexibility index (Phi) is 7.62. The number of hydrogen-bond donors (Lipinski definition) is 2. The number of nitrogens with zero attached hydrogens (tertiary/aromatic N) is 2. The maximum absolute atomic E-state index is 13.1. The van der Waals surface area contributed by atoms with Crippen LogP contribution in [0.25, 0.3) is 0 Å². The molecule has 1 amide bonds. The summed E-state index contributed by atoms with van der Waals surface area (Å²) >= 11 is 0. The van der Waals surface area contributed by atoms with Crippen molar-refractivity contribution >= 4 is 12.1 Å². The molecule has 156 valence electrons. The third kappa shape index (κ3) is 6.67. The number of halogens is 1. The zero-order valence-electron chi connectivity index (χ0n) is 17.3. The van der Waals surface area contributed by atoms with Crippen LogP contribution in [-0.4, -0.2) is 62.4 Å². The van der Waals surface area contributed by atoms with Crippen molar-refractivity contribution in [2.75, 3.05) is 33.8 Å². The van der Waals surface area contributed by atoms with Gasteiger partial charge in [-0.05, 0) is 44.9 Å². The minimum atomic E-state index is -0.518. The van der Waals surface area contributed by atoms with Crippen LogP contribution in [0.5, 0.6) is 0 Å². The van der Waals surface area contributed by atoms with Crippen LogP contribution in [0, 0.1) is 5.82 Å². The number of rotatable bonds is 5. The zero-order chi connectivity index (χ0) is 20.7. The number of carbonyl (C=O) groups excluding carboxylic acids is 1. The second-order valence-corrected chi connectivity index (χ2v) is 7.78. The average molecular weight is 394 g/mol. The molecule has 1 aromatic carbocycles. The third-order valence-electron chi connectivity index (χ3n) is 4.39. The first-order chi connectivity index (χ1) is 13.2. The van der Waals surface area contributed by atoms with Crippen molar-refractivity contribution in [2.24, 2.45) is 4.99 Å². The Morgan fingerprint density at radius 2 is 2.04 bits per heavy atom. The summed E-state index contributed by atoms with van der Waals surface area (Å²) in [6.45, 7) is 7.43. The summed E-state index contributed by atoms with van der Waals surface area (Å²) in [5.74, 6) is 0.459. The molecular weight excluding hydrogens is 363 g/mol. The molecule has 0 aliphatic carbocycles. The van der Waals surface area contributed by atoms with Gasteiger partial charge in [-0.25, -0.2) is 9.18 Å². The van der Waals surface area contributed by atoms with Crippen LogP contribution in [0.3, 0.4) is 0 Å². The SMILES string of the molecule is CN=C(NCC(OC)c1ccc(F)cc1)N1CCC(NC(=O)OC(C)(C)C)C1. The van der Waals surface area contributed by atoms with Gasteiger partial charge in [0.05, 0.1) is 12.1 Å². The highest BCUT2D eigenvalue weighted by atomic mass is 19.1. The second-order valence-electron chi connectivity index (χ2n) is 7.78. The molecule has 1 fully saturated rings. The highest BCUT2D eigenvalue weighted by molar-refractivity contribution is 5.80. The molecule has 2 N–H and O–H groups in total. The fraction of sp³-hybridized carbons (Fsp3) is 0.600. The van der Waals surface area contributed by atoms with Gasteiger partial charge >= 0.3 is 6.09 Å². The monoisotopic (exact) mass is 394 g/mol. The number of amides is 1. The van der Waals surface area contributed by atoms with Crippen LogP contribution in [0.2, 0.25) is 0 Å². The quantitative estimate of drug-likeness (QED) is 0.593. The van der Waals surface area contributed by atoms with Crippen molar-refractivity contribution in [2.45, 2.75) is 44.9 Å². The summed E-state index contributed by atoms with van der Waals surface area (Å²) in [5, 5.41) is 6.21. The molecule has 0 radical (unpaired) electrons. The second kappa shape index (κ2) is 9.73. The van der Waals surface area contributed by atoms with E-state index in [1.165, 1.54) is 12.1 Å². The Balaban J connectivity index is 1.86. The number of carbonyl (C=O) groups is 1. The molecule has 0 aromatic heterocycles. The summed E-state index contributed by atoms with van der Waals surface area (Å²) in [5.41, 5.74) is 0.368. The summed E-state index contributed by atoms with van der Waals surface area (Å²) in [6.07, 6.45) is 0.180. The molecule has 7 nitrogen and oxygen atoms in total. The number of likely N-dealkylation sites (tertiary alicyclic amines) is 1. The Hall–Kier alpha value is -2.35. The molecule has 1 heterocycles. The van der Waals surface area contributed by atoms with Crippen LogP contribution < -0.4 is 10.6 Å². The molecule has 1 aliphatic heterocycles. The van der Waals surface area contributed by atoms with E-state index in [0.29, 0.717) is 13.1 Å². The van der Waals surface area contributed by atoms with Gasteiger partial charge in [0.15, 0.2) is 5.96 Å². The summed E-state index contributed by atoms with van der Waals surface area (Å²) in [4.78, 5) is 18.4. The molecule has 8 heteroatoms. The largest absolute Gasteiger partial charge is 0.444 e. The first-order valence-electron chi connectivity index (χ1n) is 9.45. The molecule has 28 heavy (non-hydrogen) atoms. The number of alkyl carbamates (subject to hydrolysis) is 1. The number of guanidine groups is 1. The molecule has 1 aromatic rings. The van der Waals surface area contributed by atoms with Crippen LogP contribution in [0.1, 0.15) is 38.9 Å². The van der Waals surface area contributed by atoms with Gasteiger partial charge in [-0.1, -0.05) is 12.1 Å². The molecule has 1 aliphatic rings. The van der Waals surface area contributed by atoms with Crippen LogP contribution >= 0.6 is 0 Å². The number of nitrogens with one attached hydrogen (secondary N) is 2. The van der Waals surface area contributed by atoms with E-state index >= 15 is 0 Å². The van der Waals surface area contributed by atoms with Gasteiger partial charge in [0, 0.05) is 33.8 Å². The number of methoxy groups -OCH3 is 1. The van der Waals surface area contributed by atoms with Gasteiger partial charge in [0.1, 0.15) is 11.4 Å². The molecule has 2 unspecified atom stereocenters. The number of hydrogen-bond acceptors (Lipinski definition) is 4. The first kappa shape index (κ1) is 21.9. The van der Waals surface area contributed by atoms with Crippen LogP contribution in [-0.2, 0) is 9.47 Å². The van der Waals surface area contributed by atoms with E-state index in [0.717, 1.165) is 24.5 Å². The normalized spacial score (nSPS) is 18.7. The van der Waals surface area contributed by atoms with E-state index < -0.39 is 11.7 Å². The lowest BCUT2D eigenvalue weighted by Crippen LogP contribution is -2.45. The van der Waals surface area contributed by atoms with E-state index in [4.69, 9.17) is 9.47 Å². The van der Waals surface area contributed by atoms with Crippen LogP contribution in [0.4, 0.5) is 9.18 Å². The summed E-state index contributed by atoms with van der Waals surface area (Å²) in [7, 11) is 3.34. The highest BCUT2D eigenvalue weighted by Gasteiger charge is 2.28. The van der Waals surface area contributed by atoms with Crippen molar-refractivity contribution in [3.63, 3.8) is 0 Å². The smallest absolute Gasteiger partial charge is 0.407 e. The van der Waals surface area contributed by atoms with Gasteiger partial charge < -0.3 is 25.0 Å². The zero-order valence-corrected chi connectivity index (χ0v) is 17.3. The fourth-order valence-electron chi connectivity index (χ4n) is 3.08. The van der Waals surface area contributed by atoms with Gasteiger partial charge in [-0.15, -0.1) is 0 Å². The summed E-state index contributed by atoms with van der Waals surface area (Å²) in [6, 6.07) is 6.27. The number of aliphatic imine (C=N–C) groups is 1. The molecule has 2 atom stereocenters. The maximum atomic E-state index is 13.1. The standard InChI is InChI=1S/C20H31FN4O3/c1-20(2,3)28-19(26)24-16-10-11-25(13-16)18(22-4)23-12-17(27-5)14-6-8-15(21)9-7-14/h6-9,16-17H,10-13H2,1-5H3,(H,22,23)(H,24,26).